The summed E-state index contributed by atoms with van der Waals surface area (Å²) in [5.74, 6) is 0.785. The van der Waals surface area contributed by atoms with Crippen LogP contribution < -0.4 is 5.73 Å². The number of fused-ring (bicyclic) bond motifs is 1. The van der Waals surface area contributed by atoms with E-state index in [1.54, 1.807) is 0 Å². The monoisotopic (exact) mass is 207 g/mol. The van der Waals surface area contributed by atoms with Crippen LogP contribution in [0.4, 0.5) is 0 Å². The van der Waals surface area contributed by atoms with Crippen molar-refractivity contribution >= 4 is 0 Å². The van der Waals surface area contributed by atoms with Gasteiger partial charge in [0.1, 0.15) is 0 Å². The first-order valence-corrected chi connectivity index (χ1v) is 5.97. The van der Waals surface area contributed by atoms with Crippen LogP contribution in [0.25, 0.3) is 0 Å². The Morgan fingerprint density at radius 1 is 1.60 bits per heavy atom. The molecule has 0 spiro atoms. The molecule has 1 aromatic rings. The molecule has 2 rings (SSSR count). The Labute approximate surface area is 91.7 Å². The number of hydrogen-bond acceptors (Lipinski definition) is 2. The lowest BCUT2D eigenvalue weighted by atomic mass is 9.86. The lowest BCUT2D eigenvalue weighted by Gasteiger charge is -2.20. The van der Waals surface area contributed by atoms with Gasteiger partial charge in [-0.3, -0.25) is 4.68 Å². The molecule has 0 bridgehead atoms. The smallest absolute Gasteiger partial charge is 0.0656 e. The summed E-state index contributed by atoms with van der Waals surface area (Å²) in [5.41, 5.74) is 8.38. The van der Waals surface area contributed by atoms with Crippen molar-refractivity contribution in [2.45, 2.75) is 45.6 Å². The summed E-state index contributed by atoms with van der Waals surface area (Å²) in [6.07, 6.45) is 6.97. The Kier molecular flexibility index (Phi) is 3.10. The first-order valence-electron chi connectivity index (χ1n) is 5.97. The van der Waals surface area contributed by atoms with Crippen molar-refractivity contribution in [2.75, 3.05) is 6.54 Å². The molecular formula is C12H21N3. The number of rotatable bonds is 3. The second-order valence-corrected chi connectivity index (χ2v) is 4.86. The van der Waals surface area contributed by atoms with Crippen LogP contribution in [-0.2, 0) is 12.8 Å². The second kappa shape index (κ2) is 4.35. The van der Waals surface area contributed by atoms with Crippen LogP contribution in [0.15, 0.2) is 6.20 Å². The van der Waals surface area contributed by atoms with Crippen molar-refractivity contribution < 1.29 is 0 Å². The van der Waals surface area contributed by atoms with Gasteiger partial charge >= 0.3 is 0 Å². The van der Waals surface area contributed by atoms with E-state index in [2.05, 4.69) is 29.8 Å². The largest absolute Gasteiger partial charge is 0.330 e. The number of nitrogens with zero attached hydrogens (tertiary/aromatic N) is 2. The van der Waals surface area contributed by atoms with Gasteiger partial charge in [0.2, 0.25) is 0 Å². The van der Waals surface area contributed by atoms with E-state index < -0.39 is 0 Å². The maximum Gasteiger partial charge on any atom is 0.0656 e. The lowest BCUT2D eigenvalue weighted by Crippen LogP contribution is -2.16. The molecular weight excluding hydrogens is 186 g/mol. The topological polar surface area (TPSA) is 43.8 Å². The summed E-state index contributed by atoms with van der Waals surface area (Å²) in [6, 6.07) is 0.476. The minimum absolute atomic E-state index is 0.476. The van der Waals surface area contributed by atoms with E-state index >= 15 is 0 Å². The summed E-state index contributed by atoms with van der Waals surface area (Å²) < 4.78 is 2.09. The summed E-state index contributed by atoms with van der Waals surface area (Å²) >= 11 is 0. The number of aryl methyl sites for hydroxylation is 1. The molecule has 2 N–H and O–H groups in total. The molecule has 15 heavy (non-hydrogen) atoms. The third-order valence-electron chi connectivity index (χ3n) is 3.30. The van der Waals surface area contributed by atoms with Gasteiger partial charge in [-0.05, 0) is 57.6 Å². The molecule has 3 heteroatoms. The van der Waals surface area contributed by atoms with E-state index in [1.165, 1.54) is 24.1 Å². The van der Waals surface area contributed by atoms with Crippen molar-refractivity contribution in [3.8, 4) is 0 Å². The average Bonchev–Trinajstić information content (AvgIpc) is 2.61. The highest BCUT2D eigenvalue weighted by molar-refractivity contribution is 5.21. The molecule has 3 nitrogen and oxygen atoms in total. The van der Waals surface area contributed by atoms with Gasteiger partial charge in [-0.25, -0.2) is 0 Å². The standard InChI is InChI=1S/C12H21N3/c1-9(2)15-8-11-7-10(5-6-13)3-4-12(11)14-15/h8-10H,3-7,13H2,1-2H3. The van der Waals surface area contributed by atoms with Crippen LogP contribution in [0, 0.1) is 5.92 Å². The van der Waals surface area contributed by atoms with Crippen LogP contribution in [0.2, 0.25) is 0 Å². The molecule has 1 unspecified atom stereocenters. The quantitative estimate of drug-likeness (QED) is 0.823. The van der Waals surface area contributed by atoms with Crippen LogP contribution in [0.5, 0.6) is 0 Å². The van der Waals surface area contributed by atoms with Crippen molar-refractivity contribution in [3.05, 3.63) is 17.5 Å². The van der Waals surface area contributed by atoms with Gasteiger partial charge in [0, 0.05) is 12.2 Å². The second-order valence-electron chi connectivity index (χ2n) is 4.86. The average molecular weight is 207 g/mol. The van der Waals surface area contributed by atoms with Crippen molar-refractivity contribution in [1.29, 1.82) is 0 Å². The normalized spacial score (nSPS) is 20.7. The first kappa shape index (κ1) is 10.7. The van der Waals surface area contributed by atoms with Crippen LogP contribution in [0.3, 0.4) is 0 Å². The van der Waals surface area contributed by atoms with Crippen LogP contribution >= 0.6 is 0 Å². The zero-order chi connectivity index (χ0) is 10.8. The molecule has 1 aromatic heterocycles. The molecule has 84 valence electrons. The summed E-state index contributed by atoms with van der Waals surface area (Å²) in [6.45, 7) is 5.17. The molecule has 0 saturated carbocycles. The van der Waals surface area contributed by atoms with Gasteiger partial charge in [-0.2, -0.15) is 5.10 Å². The minimum Gasteiger partial charge on any atom is -0.330 e. The Balaban J connectivity index is 2.12. The SMILES string of the molecule is CC(C)n1cc2c(n1)CCC(CCN)C2. The van der Waals surface area contributed by atoms with Gasteiger partial charge < -0.3 is 5.73 Å². The van der Waals surface area contributed by atoms with Gasteiger partial charge in [-0.15, -0.1) is 0 Å². The molecule has 1 aliphatic carbocycles. The Morgan fingerprint density at radius 2 is 2.40 bits per heavy atom. The molecule has 0 aromatic carbocycles. The zero-order valence-electron chi connectivity index (χ0n) is 9.74. The highest BCUT2D eigenvalue weighted by atomic mass is 15.3. The van der Waals surface area contributed by atoms with Crippen molar-refractivity contribution in [3.63, 3.8) is 0 Å². The van der Waals surface area contributed by atoms with E-state index in [1.807, 2.05) is 0 Å². The highest BCUT2D eigenvalue weighted by Gasteiger charge is 2.21. The van der Waals surface area contributed by atoms with E-state index in [-0.39, 0.29) is 0 Å². The molecule has 0 aliphatic heterocycles. The summed E-state index contributed by atoms with van der Waals surface area (Å²) in [5, 5.41) is 4.63. The number of aromatic nitrogens is 2. The molecule has 0 fully saturated rings. The van der Waals surface area contributed by atoms with Crippen molar-refractivity contribution in [2.24, 2.45) is 11.7 Å². The Hall–Kier alpha value is -0.830. The minimum atomic E-state index is 0.476. The Bertz CT molecular complexity index is 328. The fourth-order valence-electron chi connectivity index (χ4n) is 2.35. The maximum absolute atomic E-state index is 5.61. The first-order chi connectivity index (χ1) is 7.20. The van der Waals surface area contributed by atoms with E-state index in [0.29, 0.717) is 6.04 Å². The third kappa shape index (κ3) is 2.23. The lowest BCUT2D eigenvalue weighted by molar-refractivity contribution is 0.430. The molecule has 1 aliphatic rings. The molecule has 0 radical (unpaired) electrons. The van der Waals surface area contributed by atoms with Crippen LogP contribution in [0.1, 0.15) is 44.0 Å². The fourth-order valence-corrected chi connectivity index (χ4v) is 2.35. The maximum atomic E-state index is 5.61. The molecule has 1 heterocycles. The van der Waals surface area contributed by atoms with Gasteiger partial charge in [0.05, 0.1) is 5.69 Å². The van der Waals surface area contributed by atoms with Gasteiger partial charge in [0.25, 0.3) is 0 Å². The number of nitrogens with two attached hydrogens (primary N) is 1. The zero-order valence-corrected chi connectivity index (χ0v) is 9.74. The highest BCUT2D eigenvalue weighted by Crippen LogP contribution is 2.27. The molecule has 0 saturated heterocycles. The van der Waals surface area contributed by atoms with Crippen LogP contribution in [-0.4, -0.2) is 16.3 Å². The third-order valence-corrected chi connectivity index (χ3v) is 3.30. The fraction of sp³-hybridized carbons (Fsp3) is 0.750. The predicted molar refractivity (Wildman–Crippen MR) is 61.8 cm³/mol. The van der Waals surface area contributed by atoms with Crippen molar-refractivity contribution in [1.82, 2.24) is 9.78 Å². The molecule has 0 amide bonds. The van der Waals surface area contributed by atoms with E-state index in [4.69, 9.17) is 5.73 Å². The van der Waals surface area contributed by atoms with E-state index in [9.17, 15) is 0 Å². The van der Waals surface area contributed by atoms with E-state index in [0.717, 1.165) is 25.3 Å². The summed E-state index contributed by atoms with van der Waals surface area (Å²) in [4.78, 5) is 0. The number of hydrogen-bond donors (Lipinski definition) is 1. The van der Waals surface area contributed by atoms with Gasteiger partial charge in [0.15, 0.2) is 0 Å². The summed E-state index contributed by atoms with van der Waals surface area (Å²) in [7, 11) is 0. The Morgan fingerprint density at radius 3 is 3.07 bits per heavy atom. The molecule has 1 atom stereocenters. The van der Waals surface area contributed by atoms with Gasteiger partial charge in [-0.1, -0.05) is 0 Å². The predicted octanol–water partition coefficient (Wildman–Crippen LogP) is 1.92.